The number of amides is 1. The Bertz CT molecular complexity index is 493. The van der Waals surface area contributed by atoms with Crippen LogP contribution < -0.4 is 4.74 Å². The molecule has 0 aliphatic heterocycles. The number of carboxylic acid groups (broad SMARTS) is 1. The highest BCUT2D eigenvalue weighted by Crippen LogP contribution is 2.12. The lowest BCUT2D eigenvalue weighted by Crippen LogP contribution is -2.40. The lowest BCUT2D eigenvalue weighted by Gasteiger charge is -2.23. The number of aliphatic carboxylic acids is 1. The molecule has 6 nitrogen and oxygen atoms in total. The fourth-order valence-electron chi connectivity index (χ4n) is 2.13. The topological polar surface area (TPSA) is 70.1 Å². The van der Waals surface area contributed by atoms with Gasteiger partial charge in [0.15, 0.2) is 0 Å². The Balaban J connectivity index is 0.00000484. The van der Waals surface area contributed by atoms with Crippen molar-refractivity contribution in [3.63, 3.8) is 0 Å². The van der Waals surface area contributed by atoms with Crippen molar-refractivity contribution >= 4 is 24.3 Å². The largest absolute Gasteiger partial charge is 0.497 e. The predicted molar refractivity (Wildman–Crippen MR) is 91.1 cm³/mol. The number of hydrogen-bond acceptors (Lipinski definition) is 4. The molecule has 0 unspecified atom stereocenters. The molecular formula is C16H25ClN2O4. The van der Waals surface area contributed by atoms with Crippen LogP contribution in [-0.4, -0.2) is 60.6 Å². The average Bonchev–Trinajstić information content (AvgIpc) is 2.47. The summed E-state index contributed by atoms with van der Waals surface area (Å²) in [7, 11) is 3.33. The summed E-state index contributed by atoms with van der Waals surface area (Å²) in [6.07, 6.45) is 0.808. The standard InChI is InChI=1S/C16H24N2O4.ClH/c1-4-9-18(12-16(20)21)11-15(19)17(2)10-13-5-7-14(22-3)8-6-13;/h5-8H,4,9-12H2,1-3H3,(H,20,21);1H. The highest BCUT2D eigenvalue weighted by atomic mass is 35.5. The highest BCUT2D eigenvalue weighted by molar-refractivity contribution is 5.85. The SMILES string of the molecule is CCCN(CC(=O)O)CC(=O)N(C)Cc1ccc(OC)cc1.Cl. The van der Waals surface area contributed by atoms with Crippen molar-refractivity contribution < 1.29 is 19.4 Å². The molecular weight excluding hydrogens is 320 g/mol. The number of carboxylic acids is 1. The van der Waals surface area contributed by atoms with Gasteiger partial charge in [-0.1, -0.05) is 19.1 Å². The number of hydrogen-bond donors (Lipinski definition) is 1. The molecule has 0 saturated heterocycles. The summed E-state index contributed by atoms with van der Waals surface area (Å²) < 4.78 is 5.10. The summed E-state index contributed by atoms with van der Waals surface area (Å²) in [6.45, 7) is 3.04. The van der Waals surface area contributed by atoms with Crippen LogP contribution in [0, 0.1) is 0 Å². The minimum Gasteiger partial charge on any atom is -0.497 e. The van der Waals surface area contributed by atoms with Crippen molar-refractivity contribution in [1.29, 1.82) is 0 Å². The summed E-state index contributed by atoms with van der Waals surface area (Å²) in [5, 5.41) is 8.87. The molecule has 0 saturated carbocycles. The smallest absolute Gasteiger partial charge is 0.317 e. The van der Waals surface area contributed by atoms with Crippen molar-refractivity contribution in [3.8, 4) is 5.75 Å². The Labute approximate surface area is 143 Å². The van der Waals surface area contributed by atoms with E-state index in [-0.39, 0.29) is 31.4 Å². The van der Waals surface area contributed by atoms with Crippen LogP contribution in [0.25, 0.3) is 0 Å². The molecule has 1 rings (SSSR count). The van der Waals surface area contributed by atoms with E-state index in [9.17, 15) is 9.59 Å². The molecule has 130 valence electrons. The normalized spacial score (nSPS) is 10.1. The molecule has 1 N–H and O–H groups in total. The van der Waals surface area contributed by atoms with E-state index in [4.69, 9.17) is 9.84 Å². The highest BCUT2D eigenvalue weighted by Gasteiger charge is 2.16. The lowest BCUT2D eigenvalue weighted by atomic mass is 10.2. The maximum atomic E-state index is 12.2. The van der Waals surface area contributed by atoms with Gasteiger partial charge in [-0.25, -0.2) is 0 Å². The number of ether oxygens (including phenoxy) is 1. The van der Waals surface area contributed by atoms with E-state index in [1.807, 2.05) is 31.2 Å². The van der Waals surface area contributed by atoms with Crippen LogP contribution in [-0.2, 0) is 16.1 Å². The molecule has 23 heavy (non-hydrogen) atoms. The first kappa shape index (κ1) is 21.2. The Morgan fingerprint density at radius 1 is 1.17 bits per heavy atom. The molecule has 0 aliphatic carbocycles. The van der Waals surface area contributed by atoms with Crippen molar-refractivity contribution in [2.75, 3.05) is 33.8 Å². The van der Waals surface area contributed by atoms with E-state index in [2.05, 4.69) is 0 Å². The summed E-state index contributed by atoms with van der Waals surface area (Å²) in [4.78, 5) is 26.3. The van der Waals surface area contributed by atoms with Crippen molar-refractivity contribution in [1.82, 2.24) is 9.80 Å². The van der Waals surface area contributed by atoms with Gasteiger partial charge in [0, 0.05) is 13.6 Å². The number of carbonyl (C=O) groups is 2. The molecule has 0 heterocycles. The molecule has 0 aliphatic rings. The number of likely N-dealkylation sites (N-methyl/N-ethyl adjacent to an activating group) is 1. The number of nitrogens with zero attached hydrogens (tertiary/aromatic N) is 2. The van der Waals surface area contributed by atoms with Gasteiger partial charge in [0.25, 0.3) is 0 Å². The molecule has 0 atom stereocenters. The monoisotopic (exact) mass is 344 g/mol. The quantitative estimate of drug-likeness (QED) is 0.740. The molecule has 0 aromatic heterocycles. The number of halogens is 1. The third-order valence-electron chi connectivity index (χ3n) is 3.26. The van der Waals surface area contributed by atoms with Crippen molar-refractivity contribution in [3.05, 3.63) is 29.8 Å². The minimum absolute atomic E-state index is 0. The van der Waals surface area contributed by atoms with E-state index in [0.717, 1.165) is 17.7 Å². The zero-order valence-corrected chi connectivity index (χ0v) is 14.6. The van der Waals surface area contributed by atoms with Crippen LogP contribution in [0.5, 0.6) is 5.75 Å². The second kappa shape index (κ2) is 10.9. The van der Waals surface area contributed by atoms with Crippen LogP contribution in [0.3, 0.4) is 0 Å². The van der Waals surface area contributed by atoms with Crippen molar-refractivity contribution in [2.45, 2.75) is 19.9 Å². The van der Waals surface area contributed by atoms with Gasteiger partial charge in [0.2, 0.25) is 5.91 Å². The van der Waals surface area contributed by atoms with Gasteiger partial charge in [-0.15, -0.1) is 12.4 Å². The van der Waals surface area contributed by atoms with Crippen molar-refractivity contribution in [2.24, 2.45) is 0 Å². The predicted octanol–water partition coefficient (Wildman–Crippen LogP) is 1.87. The fraction of sp³-hybridized carbons (Fsp3) is 0.500. The fourth-order valence-corrected chi connectivity index (χ4v) is 2.13. The van der Waals surface area contributed by atoms with E-state index < -0.39 is 5.97 Å². The minimum atomic E-state index is -0.918. The Kier molecular flexibility index (Phi) is 10.0. The van der Waals surface area contributed by atoms with E-state index in [1.54, 1.807) is 24.0 Å². The maximum absolute atomic E-state index is 12.2. The van der Waals surface area contributed by atoms with Gasteiger partial charge in [0.1, 0.15) is 5.75 Å². The molecule has 1 aromatic rings. The maximum Gasteiger partial charge on any atom is 0.317 e. The third kappa shape index (κ3) is 7.85. The zero-order valence-electron chi connectivity index (χ0n) is 13.8. The van der Waals surface area contributed by atoms with E-state index in [1.165, 1.54) is 0 Å². The van der Waals surface area contributed by atoms with Gasteiger partial charge < -0.3 is 14.7 Å². The summed E-state index contributed by atoms with van der Waals surface area (Å²) in [5.74, 6) is -0.238. The second-order valence-electron chi connectivity index (χ2n) is 5.20. The first-order valence-electron chi connectivity index (χ1n) is 7.27. The third-order valence-corrected chi connectivity index (χ3v) is 3.26. The second-order valence-corrected chi connectivity index (χ2v) is 5.20. The number of methoxy groups -OCH3 is 1. The zero-order chi connectivity index (χ0) is 16.5. The van der Waals surface area contributed by atoms with Gasteiger partial charge >= 0.3 is 5.97 Å². The van der Waals surface area contributed by atoms with E-state index >= 15 is 0 Å². The number of rotatable bonds is 9. The molecule has 7 heteroatoms. The Morgan fingerprint density at radius 2 is 1.78 bits per heavy atom. The van der Waals surface area contributed by atoms with Gasteiger partial charge in [0.05, 0.1) is 20.2 Å². The molecule has 1 amide bonds. The van der Waals surface area contributed by atoms with Crippen LogP contribution >= 0.6 is 12.4 Å². The average molecular weight is 345 g/mol. The van der Waals surface area contributed by atoms with Crippen LogP contribution in [0.15, 0.2) is 24.3 Å². The van der Waals surface area contributed by atoms with E-state index in [0.29, 0.717) is 13.1 Å². The lowest BCUT2D eigenvalue weighted by molar-refractivity contribution is -0.139. The first-order valence-corrected chi connectivity index (χ1v) is 7.27. The number of benzene rings is 1. The first-order chi connectivity index (χ1) is 10.5. The summed E-state index contributed by atoms with van der Waals surface area (Å²) >= 11 is 0. The van der Waals surface area contributed by atoms with Crippen LogP contribution in [0.1, 0.15) is 18.9 Å². The van der Waals surface area contributed by atoms with Gasteiger partial charge in [-0.3, -0.25) is 14.5 Å². The Morgan fingerprint density at radius 3 is 2.26 bits per heavy atom. The molecule has 0 spiro atoms. The molecule has 0 bridgehead atoms. The summed E-state index contributed by atoms with van der Waals surface area (Å²) in [5.41, 5.74) is 0.997. The number of carbonyl (C=O) groups excluding carboxylic acids is 1. The summed E-state index contributed by atoms with van der Waals surface area (Å²) in [6, 6.07) is 7.51. The van der Waals surface area contributed by atoms with Crippen LogP contribution in [0.4, 0.5) is 0 Å². The molecule has 1 aromatic carbocycles. The van der Waals surface area contributed by atoms with Gasteiger partial charge in [-0.2, -0.15) is 0 Å². The Hall–Kier alpha value is -1.79. The molecule has 0 fully saturated rings. The van der Waals surface area contributed by atoms with Gasteiger partial charge in [-0.05, 0) is 30.7 Å². The molecule has 0 radical (unpaired) electrons. The van der Waals surface area contributed by atoms with Crippen LogP contribution in [0.2, 0.25) is 0 Å².